The van der Waals surface area contributed by atoms with Gasteiger partial charge in [-0.05, 0) is 19.8 Å². The SMILES string of the molecule is CCOCCn1nnc(CO)c1C1CC1. The van der Waals surface area contributed by atoms with Crippen LogP contribution in [-0.4, -0.2) is 33.3 Å². The van der Waals surface area contributed by atoms with Gasteiger partial charge in [0.15, 0.2) is 0 Å². The Balaban J connectivity index is 2.05. The maximum Gasteiger partial charge on any atom is 0.112 e. The summed E-state index contributed by atoms with van der Waals surface area (Å²) in [6, 6.07) is 0. The highest BCUT2D eigenvalue weighted by Crippen LogP contribution is 2.41. The van der Waals surface area contributed by atoms with Crippen LogP contribution < -0.4 is 0 Å². The van der Waals surface area contributed by atoms with Crippen molar-refractivity contribution in [2.75, 3.05) is 13.2 Å². The van der Waals surface area contributed by atoms with Gasteiger partial charge in [-0.3, -0.25) is 0 Å². The zero-order valence-corrected chi connectivity index (χ0v) is 9.02. The first-order chi connectivity index (χ1) is 7.36. The quantitative estimate of drug-likeness (QED) is 0.703. The Hall–Kier alpha value is -0.940. The van der Waals surface area contributed by atoms with E-state index < -0.39 is 0 Å². The molecule has 2 rings (SSSR count). The largest absolute Gasteiger partial charge is 0.390 e. The zero-order chi connectivity index (χ0) is 10.7. The lowest BCUT2D eigenvalue weighted by molar-refractivity contribution is 0.135. The van der Waals surface area contributed by atoms with Crippen molar-refractivity contribution in [3.63, 3.8) is 0 Å². The van der Waals surface area contributed by atoms with Gasteiger partial charge in [-0.2, -0.15) is 0 Å². The molecule has 0 saturated heterocycles. The van der Waals surface area contributed by atoms with E-state index in [0.29, 0.717) is 12.5 Å². The minimum Gasteiger partial charge on any atom is -0.390 e. The molecule has 1 saturated carbocycles. The molecular formula is C10H17N3O2. The molecule has 0 atom stereocenters. The van der Waals surface area contributed by atoms with Crippen LogP contribution in [0.2, 0.25) is 0 Å². The summed E-state index contributed by atoms with van der Waals surface area (Å²) in [6.45, 7) is 4.07. The molecule has 1 aromatic heterocycles. The van der Waals surface area contributed by atoms with Crippen molar-refractivity contribution in [2.45, 2.75) is 38.8 Å². The van der Waals surface area contributed by atoms with E-state index in [4.69, 9.17) is 9.84 Å². The lowest BCUT2D eigenvalue weighted by Gasteiger charge is -2.06. The second kappa shape index (κ2) is 4.72. The number of rotatable bonds is 6. The van der Waals surface area contributed by atoms with Crippen molar-refractivity contribution >= 4 is 0 Å². The van der Waals surface area contributed by atoms with Crippen LogP contribution >= 0.6 is 0 Å². The average molecular weight is 211 g/mol. The fourth-order valence-corrected chi connectivity index (χ4v) is 1.73. The van der Waals surface area contributed by atoms with E-state index in [1.54, 1.807) is 0 Å². The van der Waals surface area contributed by atoms with Gasteiger partial charge in [-0.1, -0.05) is 5.21 Å². The Bertz CT molecular complexity index is 320. The molecule has 5 nitrogen and oxygen atoms in total. The van der Waals surface area contributed by atoms with E-state index in [1.807, 2.05) is 11.6 Å². The predicted molar refractivity (Wildman–Crippen MR) is 54.4 cm³/mol. The molecule has 0 unspecified atom stereocenters. The van der Waals surface area contributed by atoms with Gasteiger partial charge in [-0.15, -0.1) is 5.10 Å². The Morgan fingerprint density at radius 1 is 1.53 bits per heavy atom. The minimum atomic E-state index is -0.0134. The molecule has 0 radical (unpaired) electrons. The number of ether oxygens (including phenoxy) is 1. The molecule has 15 heavy (non-hydrogen) atoms. The minimum absolute atomic E-state index is 0.0134. The average Bonchev–Trinajstić information content (AvgIpc) is 3.00. The molecule has 0 aliphatic heterocycles. The first-order valence-electron chi connectivity index (χ1n) is 5.47. The summed E-state index contributed by atoms with van der Waals surface area (Å²) in [4.78, 5) is 0. The first-order valence-corrected chi connectivity index (χ1v) is 5.47. The third kappa shape index (κ3) is 2.35. The Kier molecular flexibility index (Phi) is 3.33. The number of aliphatic hydroxyl groups is 1. The molecule has 1 heterocycles. The van der Waals surface area contributed by atoms with E-state index in [1.165, 1.54) is 12.8 Å². The van der Waals surface area contributed by atoms with Gasteiger partial charge in [0.05, 0.1) is 25.5 Å². The lowest BCUT2D eigenvalue weighted by Crippen LogP contribution is -2.10. The second-order valence-corrected chi connectivity index (χ2v) is 3.77. The van der Waals surface area contributed by atoms with E-state index in [2.05, 4.69) is 10.3 Å². The molecule has 5 heteroatoms. The van der Waals surface area contributed by atoms with Crippen LogP contribution in [-0.2, 0) is 17.9 Å². The highest BCUT2D eigenvalue weighted by Gasteiger charge is 2.30. The molecule has 1 aromatic rings. The monoisotopic (exact) mass is 211 g/mol. The van der Waals surface area contributed by atoms with Crippen LogP contribution in [0.25, 0.3) is 0 Å². The van der Waals surface area contributed by atoms with Gasteiger partial charge in [-0.25, -0.2) is 4.68 Å². The third-order valence-corrected chi connectivity index (χ3v) is 2.61. The van der Waals surface area contributed by atoms with Crippen LogP contribution in [0.3, 0.4) is 0 Å². The highest BCUT2D eigenvalue weighted by atomic mass is 16.5. The predicted octanol–water partition coefficient (Wildman–Crippen LogP) is 0.684. The van der Waals surface area contributed by atoms with E-state index in [9.17, 15) is 0 Å². The normalized spacial score (nSPS) is 15.9. The van der Waals surface area contributed by atoms with Gasteiger partial charge in [0.2, 0.25) is 0 Å². The summed E-state index contributed by atoms with van der Waals surface area (Å²) in [6.07, 6.45) is 2.38. The van der Waals surface area contributed by atoms with Crippen molar-refractivity contribution in [2.24, 2.45) is 0 Å². The van der Waals surface area contributed by atoms with Crippen LogP contribution in [0.1, 0.15) is 37.1 Å². The number of aliphatic hydroxyl groups excluding tert-OH is 1. The molecule has 0 aromatic carbocycles. The fourth-order valence-electron chi connectivity index (χ4n) is 1.73. The van der Waals surface area contributed by atoms with Crippen LogP contribution in [0, 0.1) is 0 Å². The van der Waals surface area contributed by atoms with Crippen LogP contribution in [0.5, 0.6) is 0 Å². The second-order valence-electron chi connectivity index (χ2n) is 3.77. The van der Waals surface area contributed by atoms with Crippen molar-refractivity contribution in [3.05, 3.63) is 11.4 Å². The van der Waals surface area contributed by atoms with Gasteiger partial charge < -0.3 is 9.84 Å². The van der Waals surface area contributed by atoms with Crippen molar-refractivity contribution < 1.29 is 9.84 Å². The molecule has 1 aliphatic carbocycles. The van der Waals surface area contributed by atoms with E-state index in [-0.39, 0.29) is 6.61 Å². The van der Waals surface area contributed by atoms with Crippen molar-refractivity contribution in [3.8, 4) is 0 Å². The molecule has 1 N–H and O–H groups in total. The molecule has 1 aliphatic rings. The van der Waals surface area contributed by atoms with E-state index >= 15 is 0 Å². The fraction of sp³-hybridized carbons (Fsp3) is 0.800. The highest BCUT2D eigenvalue weighted by molar-refractivity contribution is 5.19. The van der Waals surface area contributed by atoms with E-state index in [0.717, 1.165) is 24.5 Å². The molecule has 0 amide bonds. The molecular weight excluding hydrogens is 194 g/mol. The van der Waals surface area contributed by atoms with Crippen LogP contribution in [0.15, 0.2) is 0 Å². The number of nitrogens with zero attached hydrogens (tertiary/aromatic N) is 3. The standard InChI is InChI=1S/C10H17N3O2/c1-2-15-6-5-13-10(8-3-4-8)9(7-14)11-12-13/h8,14H,2-7H2,1H3. The van der Waals surface area contributed by atoms with Crippen molar-refractivity contribution in [1.82, 2.24) is 15.0 Å². The topological polar surface area (TPSA) is 60.2 Å². The number of aromatic nitrogens is 3. The summed E-state index contributed by atoms with van der Waals surface area (Å²) in [5.74, 6) is 0.559. The van der Waals surface area contributed by atoms with Crippen LogP contribution in [0.4, 0.5) is 0 Å². The molecule has 84 valence electrons. The maximum absolute atomic E-state index is 9.13. The number of hydrogen-bond acceptors (Lipinski definition) is 4. The smallest absolute Gasteiger partial charge is 0.112 e. The summed E-state index contributed by atoms with van der Waals surface area (Å²) in [7, 11) is 0. The maximum atomic E-state index is 9.13. The molecule has 0 spiro atoms. The summed E-state index contributed by atoms with van der Waals surface area (Å²) in [5, 5.41) is 17.2. The molecule has 0 bridgehead atoms. The van der Waals surface area contributed by atoms with Crippen molar-refractivity contribution in [1.29, 1.82) is 0 Å². The summed E-state index contributed by atoms with van der Waals surface area (Å²) >= 11 is 0. The lowest BCUT2D eigenvalue weighted by atomic mass is 10.2. The van der Waals surface area contributed by atoms with Gasteiger partial charge in [0, 0.05) is 12.5 Å². The summed E-state index contributed by atoms with van der Waals surface area (Å²) in [5.41, 5.74) is 1.84. The first kappa shape index (κ1) is 10.6. The van der Waals surface area contributed by atoms with Gasteiger partial charge in [0.1, 0.15) is 5.69 Å². The third-order valence-electron chi connectivity index (χ3n) is 2.61. The number of hydrogen-bond donors (Lipinski definition) is 1. The van der Waals surface area contributed by atoms with Gasteiger partial charge >= 0.3 is 0 Å². The zero-order valence-electron chi connectivity index (χ0n) is 9.02. The summed E-state index contributed by atoms with van der Waals surface area (Å²) < 4.78 is 7.16. The van der Waals surface area contributed by atoms with Gasteiger partial charge in [0.25, 0.3) is 0 Å². The Labute approximate surface area is 89.0 Å². The Morgan fingerprint density at radius 2 is 2.33 bits per heavy atom. The Morgan fingerprint density at radius 3 is 2.93 bits per heavy atom. The molecule has 1 fully saturated rings.